The Labute approximate surface area is 163 Å². The third kappa shape index (κ3) is 4.68. The molecule has 0 saturated heterocycles. The standard InChI is InChI=1S/C15H10Cl2FNO3.Na/c16-8-1-2-10(12(17)5-8)15(22)11-6-9(18)3-7(14(11)19)4-13(20)21;/h1-3,5-6H,4,19H2,(H,20,21);/q;+1/p-1. The molecule has 2 N–H and O–H groups in total. The quantitative estimate of drug-likeness (QED) is 0.439. The molecular formula is C15H9Cl2FNNaO3. The van der Waals surface area contributed by atoms with Crippen molar-refractivity contribution in [2.75, 3.05) is 5.73 Å². The molecule has 8 heteroatoms. The molecule has 114 valence electrons. The Morgan fingerprint density at radius 1 is 1.13 bits per heavy atom. The number of hydrogen-bond acceptors (Lipinski definition) is 4. The van der Waals surface area contributed by atoms with E-state index >= 15 is 0 Å². The van der Waals surface area contributed by atoms with Gasteiger partial charge in [0.15, 0.2) is 5.78 Å². The number of ketones is 1. The van der Waals surface area contributed by atoms with Crippen molar-refractivity contribution in [3.05, 3.63) is 62.9 Å². The summed E-state index contributed by atoms with van der Waals surface area (Å²) >= 11 is 11.7. The van der Waals surface area contributed by atoms with Crippen molar-refractivity contribution in [3.63, 3.8) is 0 Å². The topological polar surface area (TPSA) is 83.2 Å². The first-order chi connectivity index (χ1) is 10.3. The Morgan fingerprint density at radius 2 is 1.78 bits per heavy atom. The van der Waals surface area contributed by atoms with Crippen LogP contribution in [0.4, 0.5) is 10.1 Å². The van der Waals surface area contributed by atoms with Gasteiger partial charge in [-0.25, -0.2) is 4.39 Å². The van der Waals surface area contributed by atoms with Gasteiger partial charge < -0.3 is 15.6 Å². The van der Waals surface area contributed by atoms with Gasteiger partial charge in [0.25, 0.3) is 0 Å². The molecular weight excluding hydrogens is 355 g/mol. The molecule has 0 atom stereocenters. The van der Waals surface area contributed by atoms with Crippen LogP contribution < -0.4 is 40.4 Å². The second kappa shape index (κ2) is 8.13. The predicted octanol–water partition coefficient (Wildman–Crippen LogP) is -0.758. The normalized spacial score (nSPS) is 10.0. The Morgan fingerprint density at radius 3 is 2.35 bits per heavy atom. The molecule has 0 aliphatic heterocycles. The van der Waals surface area contributed by atoms with Crippen molar-refractivity contribution in [1.82, 2.24) is 0 Å². The van der Waals surface area contributed by atoms with Crippen LogP contribution in [-0.4, -0.2) is 11.8 Å². The van der Waals surface area contributed by atoms with Gasteiger partial charge in [0, 0.05) is 34.2 Å². The van der Waals surface area contributed by atoms with E-state index in [0.717, 1.165) is 12.1 Å². The summed E-state index contributed by atoms with van der Waals surface area (Å²) in [4.78, 5) is 23.1. The van der Waals surface area contributed by atoms with E-state index in [-0.39, 0.29) is 57.0 Å². The maximum absolute atomic E-state index is 13.6. The number of aliphatic carboxylic acids is 1. The van der Waals surface area contributed by atoms with Crippen LogP contribution >= 0.6 is 23.2 Å². The third-order valence-corrected chi connectivity index (χ3v) is 3.53. The molecule has 0 fully saturated rings. The molecule has 2 rings (SSSR count). The second-order valence-corrected chi connectivity index (χ2v) is 5.37. The number of benzene rings is 2. The number of carboxylic acids is 1. The number of carboxylic acid groups (broad SMARTS) is 1. The molecule has 0 spiro atoms. The van der Waals surface area contributed by atoms with Crippen LogP contribution in [0.25, 0.3) is 0 Å². The average molecular weight is 364 g/mol. The first-order valence-corrected chi connectivity index (χ1v) is 6.82. The van der Waals surface area contributed by atoms with Gasteiger partial charge in [-0.05, 0) is 35.9 Å². The van der Waals surface area contributed by atoms with Gasteiger partial charge in [0.05, 0.1) is 5.02 Å². The Bertz CT molecular complexity index is 784. The molecule has 2 aromatic carbocycles. The minimum absolute atomic E-state index is 0. The van der Waals surface area contributed by atoms with Crippen LogP contribution in [0, 0.1) is 5.82 Å². The molecule has 0 heterocycles. The van der Waals surface area contributed by atoms with Crippen LogP contribution in [0.15, 0.2) is 30.3 Å². The number of hydrogen-bond donors (Lipinski definition) is 1. The first kappa shape index (κ1) is 19.9. The van der Waals surface area contributed by atoms with Crippen LogP contribution in [-0.2, 0) is 11.2 Å². The van der Waals surface area contributed by atoms with Crippen LogP contribution in [0.5, 0.6) is 0 Å². The molecule has 0 radical (unpaired) electrons. The fourth-order valence-corrected chi connectivity index (χ4v) is 2.48. The number of anilines is 1. The predicted molar refractivity (Wildman–Crippen MR) is 79.4 cm³/mol. The van der Waals surface area contributed by atoms with Gasteiger partial charge in [0.1, 0.15) is 5.82 Å². The minimum Gasteiger partial charge on any atom is -0.550 e. The molecule has 0 unspecified atom stereocenters. The van der Waals surface area contributed by atoms with Gasteiger partial charge >= 0.3 is 29.6 Å². The monoisotopic (exact) mass is 363 g/mol. The Balaban J connectivity index is 0.00000264. The van der Waals surface area contributed by atoms with E-state index in [1.165, 1.54) is 18.2 Å². The maximum Gasteiger partial charge on any atom is 1.00 e. The fourth-order valence-electron chi connectivity index (χ4n) is 1.98. The first-order valence-electron chi connectivity index (χ1n) is 6.07. The molecule has 0 amide bonds. The van der Waals surface area contributed by atoms with Crippen molar-refractivity contribution in [2.24, 2.45) is 0 Å². The number of carbonyl (C=O) groups excluding carboxylic acids is 2. The van der Waals surface area contributed by atoms with Gasteiger partial charge in [-0.15, -0.1) is 0 Å². The van der Waals surface area contributed by atoms with E-state index in [1.54, 1.807) is 0 Å². The van der Waals surface area contributed by atoms with Crippen molar-refractivity contribution in [1.29, 1.82) is 0 Å². The van der Waals surface area contributed by atoms with E-state index in [4.69, 9.17) is 28.9 Å². The number of halogens is 3. The van der Waals surface area contributed by atoms with E-state index in [2.05, 4.69) is 0 Å². The summed E-state index contributed by atoms with van der Waals surface area (Å²) in [5.74, 6) is -2.84. The zero-order chi connectivity index (χ0) is 16.4. The second-order valence-electron chi connectivity index (χ2n) is 4.53. The van der Waals surface area contributed by atoms with E-state index in [1.807, 2.05) is 0 Å². The van der Waals surface area contributed by atoms with Crippen LogP contribution in [0.2, 0.25) is 10.0 Å². The van der Waals surface area contributed by atoms with Crippen molar-refractivity contribution in [3.8, 4) is 0 Å². The van der Waals surface area contributed by atoms with Crippen LogP contribution in [0.3, 0.4) is 0 Å². The van der Waals surface area contributed by atoms with Crippen molar-refractivity contribution < 1.29 is 48.6 Å². The fraction of sp³-hybridized carbons (Fsp3) is 0.0667. The van der Waals surface area contributed by atoms with Crippen LogP contribution in [0.1, 0.15) is 21.5 Å². The summed E-state index contributed by atoms with van der Waals surface area (Å²) < 4.78 is 13.6. The van der Waals surface area contributed by atoms with E-state index < -0.39 is 24.0 Å². The zero-order valence-electron chi connectivity index (χ0n) is 12.0. The summed E-state index contributed by atoms with van der Waals surface area (Å²) in [7, 11) is 0. The molecule has 23 heavy (non-hydrogen) atoms. The smallest absolute Gasteiger partial charge is 0.550 e. The number of nitrogen functional groups attached to an aromatic ring is 1. The molecule has 0 aromatic heterocycles. The summed E-state index contributed by atoms with van der Waals surface area (Å²) in [6.45, 7) is 0. The van der Waals surface area contributed by atoms with Gasteiger partial charge in [-0.1, -0.05) is 23.2 Å². The van der Waals surface area contributed by atoms with Crippen molar-refractivity contribution >= 4 is 40.6 Å². The van der Waals surface area contributed by atoms with E-state index in [9.17, 15) is 19.1 Å². The molecule has 0 saturated carbocycles. The number of nitrogens with two attached hydrogens (primary N) is 1. The van der Waals surface area contributed by atoms with Gasteiger partial charge in [0.2, 0.25) is 0 Å². The molecule has 0 bridgehead atoms. The molecule has 0 aliphatic carbocycles. The molecule has 2 aromatic rings. The Hall–Kier alpha value is -1.11. The summed E-state index contributed by atoms with van der Waals surface area (Å²) in [5.41, 5.74) is 5.53. The van der Waals surface area contributed by atoms with Crippen molar-refractivity contribution in [2.45, 2.75) is 6.42 Å². The Kier molecular flexibility index (Phi) is 7.04. The largest absolute Gasteiger partial charge is 1.00 e. The molecule has 4 nitrogen and oxygen atoms in total. The maximum atomic E-state index is 13.6. The summed E-state index contributed by atoms with van der Waals surface area (Å²) in [6, 6.07) is 6.09. The summed E-state index contributed by atoms with van der Waals surface area (Å²) in [5, 5.41) is 11.1. The SMILES string of the molecule is Nc1c(CC(=O)[O-])cc(F)cc1C(=O)c1ccc(Cl)cc1Cl.[Na+]. The average Bonchev–Trinajstić information content (AvgIpc) is 2.41. The minimum atomic E-state index is -1.43. The zero-order valence-corrected chi connectivity index (χ0v) is 15.5. The van der Waals surface area contributed by atoms with Gasteiger partial charge in [-0.2, -0.15) is 0 Å². The molecule has 0 aliphatic rings. The number of carbonyl (C=O) groups is 2. The van der Waals surface area contributed by atoms with E-state index in [0.29, 0.717) is 5.02 Å². The third-order valence-electron chi connectivity index (χ3n) is 2.99. The summed E-state index contributed by atoms with van der Waals surface area (Å²) in [6.07, 6.45) is -0.599. The van der Waals surface area contributed by atoms with Gasteiger partial charge in [-0.3, -0.25) is 4.79 Å². The number of rotatable bonds is 4.